The number of carbonyl (C=O) groups excluding carboxylic acids is 2. The molecule has 9 heteroatoms. The van der Waals surface area contributed by atoms with Gasteiger partial charge in [0.1, 0.15) is 5.82 Å². The molecule has 0 spiro atoms. The minimum absolute atomic E-state index is 0.0383. The van der Waals surface area contributed by atoms with Crippen LogP contribution in [0.5, 0.6) is 0 Å². The van der Waals surface area contributed by atoms with E-state index >= 15 is 0 Å². The molecule has 1 aromatic rings. The number of nitrogens with zero attached hydrogens (tertiary/aromatic N) is 2. The van der Waals surface area contributed by atoms with E-state index in [-0.39, 0.29) is 24.1 Å². The van der Waals surface area contributed by atoms with Gasteiger partial charge in [0.15, 0.2) is 9.84 Å². The molecule has 138 valence electrons. The van der Waals surface area contributed by atoms with Gasteiger partial charge in [0, 0.05) is 25.3 Å². The number of pyridine rings is 1. The third-order valence-corrected chi connectivity index (χ3v) is 5.87. The number of aromatic nitrogens is 1. The number of hydrogen-bond acceptors (Lipinski definition) is 6. The van der Waals surface area contributed by atoms with Crippen LogP contribution >= 0.6 is 0 Å². The Morgan fingerprint density at radius 2 is 2.00 bits per heavy atom. The summed E-state index contributed by atoms with van der Waals surface area (Å²) in [5, 5.41) is 5.14. The van der Waals surface area contributed by atoms with Crippen molar-refractivity contribution < 1.29 is 18.0 Å². The van der Waals surface area contributed by atoms with E-state index in [1.807, 2.05) is 13.8 Å². The van der Waals surface area contributed by atoms with Crippen molar-refractivity contribution in [2.45, 2.75) is 26.3 Å². The number of nitrogens with one attached hydrogen (secondary N) is 2. The van der Waals surface area contributed by atoms with Crippen molar-refractivity contribution in [2.75, 3.05) is 36.0 Å². The smallest absolute Gasteiger partial charge is 0.253 e. The van der Waals surface area contributed by atoms with Crippen molar-refractivity contribution >= 4 is 27.5 Å². The highest BCUT2D eigenvalue weighted by Gasteiger charge is 2.28. The summed E-state index contributed by atoms with van der Waals surface area (Å²) in [7, 11) is -3.05. The molecule has 25 heavy (non-hydrogen) atoms. The lowest BCUT2D eigenvalue weighted by molar-refractivity contribution is -0.120. The molecular weight excluding hydrogens is 344 g/mol. The highest BCUT2D eigenvalue weighted by atomic mass is 32.2. The first-order valence-electron chi connectivity index (χ1n) is 8.33. The molecule has 0 aliphatic carbocycles. The van der Waals surface area contributed by atoms with Crippen LogP contribution in [0.3, 0.4) is 0 Å². The predicted octanol–water partition coefficient (Wildman–Crippen LogP) is -0.0391. The molecule has 2 rings (SSSR count). The van der Waals surface area contributed by atoms with E-state index in [2.05, 4.69) is 20.5 Å². The first kappa shape index (κ1) is 19.2. The SMILES string of the molecule is CCN(CC)c1ccc(C(=O)NCC(=O)N[C@@H]2CCS(=O)(=O)C2)cn1. The fourth-order valence-electron chi connectivity index (χ4n) is 2.71. The molecule has 0 aromatic carbocycles. The van der Waals surface area contributed by atoms with E-state index in [1.54, 1.807) is 12.1 Å². The van der Waals surface area contributed by atoms with Gasteiger partial charge in [-0.05, 0) is 32.4 Å². The number of amides is 2. The van der Waals surface area contributed by atoms with Crippen LogP contribution in [0, 0.1) is 0 Å². The molecule has 0 saturated carbocycles. The summed E-state index contributed by atoms with van der Waals surface area (Å²) >= 11 is 0. The first-order chi connectivity index (χ1) is 11.8. The van der Waals surface area contributed by atoms with Crippen LogP contribution in [0.1, 0.15) is 30.6 Å². The number of carbonyl (C=O) groups is 2. The van der Waals surface area contributed by atoms with E-state index in [0.29, 0.717) is 12.0 Å². The quantitative estimate of drug-likeness (QED) is 0.699. The van der Waals surface area contributed by atoms with Crippen molar-refractivity contribution in [3.8, 4) is 0 Å². The van der Waals surface area contributed by atoms with E-state index in [4.69, 9.17) is 0 Å². The lowest BCUT2D eigenvalue weighted by Crippen LogP contribution is -2.42. The molecule has 1 aliphatic heterocycles. The molecule has 1 aliphatic rings. The van der Waals surface area contributed by atoms with Crippen molar-refractivity contribution in [3.63, 3.8) is 0 Å². The molecule has 1 aromatic heterocycles. The van der Waals surface area contributed by atoms with E-state index in [9.17, 15) is 18.0 Å². The van der Waals surface area contributed by atoms with Crippen molar-refractivity contribution in [1.82, 2.24) is 15.6 Å². The van der Waals surface area contributed by atoms with E-state index < -0.39 is 21.7 Å². The van der Waals surface area contributed by atoms with Gasteiger partial charge in [-0.25, -0.2) is 13.4 Å². The zero-order valence-corrected chi connectivity index (χ0v) is 15.3. The fourth-order valence-corrected chi connectivity index (χ4v) is 4.38. The molecule has 2 heterocycles. The lowest BCUT2D eigenvalue weighted by Gasteiger charge is -2.19. The van der Waals surface area contributed by atoms with Crippen LogP contribution in [0.15, 0.2) is 18.3 Å². The van der Waals surface area contributed by atoms with Crippen LogP contribution in [0.25, 0.3) is 0 Å². The van der Waals surface area contributed by atoms with Gasteiger partial charge in [-0.15, -0.1) is 0 Å². The van der Waals surface area contributed by atoms with Crippen LogP contribution < -0.4 is 15.5 Å². The van der Waals surface area contributed by atoms with Crippen molar-refractivity contribution in [3.05, 3.63) is 23.9 Å². The summed E-state index contributed by atoms with van der Waals surface area (Å²) in [4.78, 5) is 30.2. The third kappa shape index (κ3) is 5.42. The zero-order chi connectivity index (χ0) is 18.4. The third-order valence-electron chi connectivity index (χ3n) is 4.10. The van der Waals surface area contributed by atoms with Crippen LogP contribution in [-0.2, 0) is 14.6 Å². The van der Waals surface area contributed by atoms with Gasteiger partial charge in [-0.3, -0.25) is 9.59 Å². The molecular formula is C16H24N4O4S. The van der Waals surface area contributed by atoms with Crippen molar-refractivity contribution in [2.24, 2.45) is 0 Å². The fraction of sp³-hybridized carbons (Fsp3) is 0.562. The predicted molar refractivity (Wildman–Crippen MR) is 95.3 cm³/mol. The lowest BCUT2D eigenvalue weighted by atomic mass is 10.2. The zero-order valence-electron chi connectivity index (χ0n) is 14.5. The van der Waals surface area contributed by atoms with Gasteiger partial charge in [-0.1, -0.05) is 0 Å². The Morgan fingerprint density at radius 3 is 2.52 bits per heavy atom. The van der Waals surface area contributed by atoms with E-state index in [1.165, 1.54) is 6.20 Å². The molecule has 0 unspecified atom stereocenters. The average Bonchev–Trinajstić information content (AvgIpc) is 2.93. The standard InChI is InChI=1S/C16H24N4O4S/c1-3-20(4-2)14-6-5-12(9-17-14)16(22)18-10-15(21)19-13-7-8-25(23,24)11-13/h5-6,9,13H,3-4,7-8,10-11H2,1-2H3,(H,18,22)(H,19,21)/t13-/m1/s1. The van der Waals surface area contributed by atoms with E-state index in [0.717, 1.165) is 18.9 Å². The van der Waals surface area contributed by atoms with Crippen LogP contribution in [-0.4, -0.2) is 62.4 Å². The van der Waals surface area contributed by atoms with Gasteiger partial charge < -0.3 is 15.5 Å². The van der Waals surface area contributed by atoms with Gasteiger partial charge >= 0.3 is 0 Å². The highest BCUT2D eigenvalue weighted by molar-refractivity contribution is 7.91. The van der Waals surface area contributed by atoms with Gasteiger partial charge in [0.05, 0.1) is 23.6 Å². The Morgan fingerprint density at radius 1 is 1.28 bits per heavy atom. The largest absolute Gasteiger partial charge is 0.357 e. The minimum Gasteiger partial charge on any atom is -0.357 e. The monoisotopic (exact) mass is 368 g/mol. The van der Waals surface area contributed by atoms with Gasteiger partial charge in [-0.2, -0.15) is 0 Å². The summed E-state index contributed by atoms with van der Waals surface area (Å²) in [6.07, 6.45) is 1.89. The van der Waals surface area contributed by atoms with Gasteiger partial charge in [0.2, 0.25) is 5.91 Å². The molecule has 2 N–H and O–H groups in total. The number of sulfone groups is 1. The number of hydrogen-bond donors (Lipinski definition) is 2. The maximum Gasteiger partial charge on any atom is 0.253 e. The topological polar surface area (TPSA) is 108 Å². The Hall–Kier alpha value is -2.16. The Bertz CT molecular complexity index is 714. The Kier molecular flexibility index (Phi) is 6.35. The maximum atomic E-state index is 12.1. The molecule has 0 bridgehead atoms. The molecule has 2 amide bonds. The normalized spacial score (nSPS) is 18.6. The summed E-state index contributed by atoms with van der Waals surface area (Å²) in [6.45, 7) is 5.51. The van der Waals surface area contributed by atoms with Gasteiger partial charge in [0.25, 0.3) is 5.91 Å². The molecule has 1 fully saturated rings. The molecule has 1 atom stereocenters. The highest BCUT2D eigenvalue weighted by Crippen LogP contribution is 2.11. The maximum absolute atomic E-state index is 12.1. The molecule has 1 saturated heterocycles. The summed E-state index contributed by atoms with van der Waals surface area (Å²) in [5.41, 5.74) is 0.368. The minimum atomic E-state index is -3.05. The number of anilines is 1. The Labute approximate surface area is 147 Å². The molecule has 0 radical (unpaired) electrons. The molecule has 8 nitrogen and oxygen atoms in total. The second-order valence-electron chi connectivity index (χ2n) is 5.93. The summed E-state index contributed by atoms with van der Waals surface area (Å²) in [5.74, 6) is 0.0517. The van der Waals surface area contributed by atoms with Crippen molar-refractivity contribution in [1.29, 1.82) is 0 Å². The summed E-state index contributed by atoms with van der Waals surface area (Å²) in [6, 6.07) is 3.06. The summed E-state index contributed by atoms with van der Waals surface area (Å²) < 4.78 is 22.7. The first-order valence-corrected chi connectivity index (χ1v) is 10.2. The average molecular weight is 368 g/mol. The van der Waals surface area contributed by atoms with Crippen LogP contribution in [0.4, 0.5) is 5.82 Å². The van der Waals surface area contributed by atoms with Crippen LogP contribution in [0.2, 0.25) is 0 Å². The Balaban J connectivity index is 1.82. The number of rotatable bonds is 7. The second-order valence-corrected chi connectivity index (χ2v) is 8.16. The second kappa shape index (κ2) is 8.28.